The highest BCUT2D eigenvalue weighted by molar-refractivity contribution is 5.93. The summed E-state index contributed by atoms with van der Waals surface area (Å²) in [6.45, 7) is 14.0. The summed E-state index contributed by atoms with van der Waals surface area (Å²) in [5.74, 6) is 0.530. The highest BCUT2D eigenvalue weighted by Gasteiger charge is 2.24. The van der Waals surface area contributed by atoms with Gasteiger partial charge in [0, 0.05) is 28.7 Å². The van der Waals surface area contributed by atoms with Crippen LogP contribution >= 0.6 is 0 Å². The van der Waals surface area contributed by atoms with Crippen LogP contribution in [0.3, 0.4) is 0 Å². The van der Waals surface area contributed by atoms with Crippen molar-refractivity contribution in [2.45, 2.75) is 78.3 Å². The fourth-order valence-electron chi connectivity index (χ4n) is 4.55. The topological polar surface area (TPSA) is 48.7 Å². The molecule has 0 spiro atoms. The maximum absolute atomic E-state index is 12.8. The number of furan rings is 1. The number of nitrogens with zero attached hydrogens (tertiary/aromatic N) is 2. The van der Waals surface area contributed by atoms with Gasteiger partial charge < -0.3 is 19.5 Å². The SMILES string of the molecule is CCCCN1CCC(c2coc3ccc(NC(=O)N(C(C)C)C(C)C)cc23)CC1. The summed E-state index contributed by atoms with van der Waals surface area (Å²) in [6, 6.07) is 6.24. The Labute approximate surface area is 175 Å². The van der Waals surface area contributed by atoms with Gasteiger partial charge in [-0.3, -0.25) is 0 Å². The lowest BCUT2D eigenvalue weighted by atomic mass is 9.89. The molecule has 29 heavy (non-hydrogen) atoms. The van der Waals surface area contributed by atoms with E-state index in [0.717, 1.165) is 29.7 Å². The normalized spacial score (nSPS) is 16.1. The lowest BCUT2D eigenvalue weighted by Gasteiger charge is -2.31. The summed E-state index contributed by atoms with van der Waals surface area (Å²) in [6.07, 6.45) is 6.81. The predicted molar refractivity (Wildman–Crippen MR) is 121 cm³/mol. The molecular formula is C24H37N3O2. The average molecular weight is 400 g/mol. The molecule has 0 bridgehead atoms. The Hall–Kier alpha value is -2.01. The van der Waals surface area contributed by atoms with Gasteiger partial charge in [-0.2, -0.15) is 0 Å². The number of piperidine rings is 1. The summed E-state index contributed by atoms with van der Waals surface area (Å²) in [5, 5.41) is 4.22. The molecule has 2 heterocycles. The standard InChI is InChI=1S/C24H37N3O2/c1-6-7-12-26-13-10-19(11-14-26)22-16-29-23-9-8-20(15-21(22)23)25-24(28)27(17(2)3)18(4)5/h8-9,15-19H,6-7,10-14H2,1-5H3,(H,25,28). The van der Waals surface area contributed by atoms with E-state index < -0.39 is 0 Å². The Morgan fingerprint density at radius 1 is 1.21 bits per heavy atom. The van der Waals surface area contributed by atoms with Gasteiger partial charge in [0.15, 0.2) is 0 Å². The monoisotopic (exact) mass is 399 g/mol. The van der Waals surface area contributed by atoms with Crippen molar-refractivity contribution in [3.63, 3.8) is 0 Å². The molecule has 0 aliphatic carbocycles. The molecule has 5 nitrogen and oxygen atoms in total. The number of anilines is 1. The van der Waals surface area contributed by atoms with E-state index in [1.54, 1.807) is 0 Å². The first kappa shape index (κ1) is 21.7. The van der Waals surface area contributed by atoms with Crippen molar-refractivity contribution in [1.82, 2.24) is 9.80 Å². The molecule has 0 unspecified atom stereocenters. The zero-order valence-corrected chi connectivity index (χ0v) is 18.7. The van der Waals surface area contributed by atoms with Crippen LogP contribution in [0.5, 0.6) is 0 Å². The van der Waals surface area contributed by atoms with E-state index in [2.05, 4.69) is 23.2 Å². The second-order valence-electron chi connectivity index (χ2n) is 8.90. The molecule has 1 aliphatic rings. The number of urea groups is 1. The molecule has 3 rings (SSSR count). The molecule has 0 atom stereocenters. The van der Waals surface area contributed by atoms with E-state index in [9.17, 15) is 4.79 Å². The quantitative estimate of drug-likeness (QED) is 0.615. The summed E-state index contributed by atoms with van der Waals surface area (Å²) >= 11 is 0. The molecule has 0 saturated carbocycles. The number of nitrogens with one attached hydrogen (secondary N) is 1. The molecule has 1 saturated heterocycles. The number of fused-ring (bicyclic) bond motifs is 1. The first-order valence-corrected chi connectivity index (χ1v) is 11.2. The smallest absolute Gasteiger partial charge is 0.322 e. The van der Waals surface area contributed by atoms with Crippen LogP contribution in [0.15, 0.2) is 28.9 Å². The van der Waals surface area contributed by atoms with Crippen LogP contribution in [-0.2, 0) is 0 Å². The minimum absolute atomic E-state index is 0.0522. The van der Waals surface area contributed by atoms with E-state index >= 15 is 0 Å². The number of carbonyl (C=O) groups is 1. The van der Waals surface area contributed by atoms with E-state index in [1.165, 1.54) is 37.8 Å². The lowest BCUT2D eigenvalue weighted by molar-refractivity contribution is 0.178. The molecule has 1 aromatic heterocycles. The Bertz CT molecular complexity index is 796. The van der Waals surface area contributed by atoms with Crippen LogP contribution in [0.4, 0.5) is 10.5 Å². The average Bonchev–Trinajstić information content (AvgIpc) is 3.09. The van der Waals surface area contributed by atoms with Crippen molar-refractivity contribution in [3.05, 3.63) is 30.0 Å². The number of rotatable bonds is 7. The first-order chi connectivity index (χ1) is 13.9. The molecule has 2 aromatic rings. The number of hydrogen-bond donors (Lipinski definition) is 1. The zero-order chi connectivity index (χ0) is 21.0. The molecule has 1 aromatic carbocycles. The van der Waals surface area contributed by atoms with Crippen LogP contribution in [0.25, 0.3) is 11.0 Å². The second-order valence-corrected chi connectivity index (χ2v) is 8.90. The van der Waals surface area contributed by atoms with E-state index in [0.29, 0.717) is 5.92 Å². The number of amides is 2. The van der Waals surface area contributed by atoms with Gasteiger partial charge in [-0.1, -0.05) is 13.3 Å². The van der Waals surface area contributed by atoms with Crippen molar-refractivity contribution in [2.75, 3.05) is 25.0 Å². The maximum atomic E-state index is 12.8. The van der Waals surface area contributed by atoms with Crippen LogP contribution < -0.4 is 5.32 Å². The molecule has 1 N–H and O–H groups in total. The van der Waals surface area contributed by atoms with Gasteiger partial charge in [-0.25, -0.2) is 4.79 Å². The molecule has 1 fully saturated rings. The van der Waals surface area contributed by atoms with Gasteiger partial charge in [0.2, 0.25) is 0 Å². The van der Waals surface area contributed by atoms with Gasteiger partial charge in [-0.15, -0.1) is 0 Å². The van der Waals surface area contributed by atoms with Gasteiger partial charge in [-0.05, 0) is 90.7 Å². The Morgan fingerprint density at radius 2 is 1.90 bits per heavy atom. The highest BCUT2D eigenvalue weighted by Crippen LogP contribution is 2.35. The maximum Gasteiger partial charge on any atom is 0.322 e. The number of unbranched alkanes of at least 4 members (excludes halogenated alkanes) is 1. The van der Waals surface area contributed by atoms with Gasteiger partial charge in [0.1, 0.15) is 5.58 Å². The fraction of sp³-hybridized carbons (Fsp3) is 0.625. The van der Waals surface area contributed by atoms with E-state index in [4.69, 9.17) is 4.42 Å². The molecule has 5 heteroatoms. The summed E-state index contributed by atoms with van der Waals surface area (Å²) in [5.41, 5.74) is 3.02. The second kappa shape index (κ2) is 9.66. The molecular weight excluding hydrogens is 362 g/mol. The Balaban J connectivity index is 1.73. The molecule has 1 aliphatic heterocycles. The van der Waals surface area contributed by atoms with Crippen LogP contribution in [0.1, 0.15) is 71.8 Å². The number of carbonyl (C=O) groups excluding carboxylic acids is 1. The predicted octanol–water partition coefficient (Wildman–Crippen LogP) is 6.06. The van der Waals surface area contributed by atoms with Gasteiger partial charge in [0.25, 0.3) is 0 Å². The van der Waals surface area contributed by atoms with Crippen LogP contribution in [0, 0.1) is 0 Å². The van der Waals surface area contributed by atoms with E-state index in [-0.39, 0.29) is 18.1 Å². The zero-order valence-electron chi connectivity index (χ0n) is 18.7. The lowest BCUT2D eigenvalue weighted by Crippen LogP contribution is -2.44. The van der Waals surface area contributed by atoms with Gasteiger partial charge in [0.05, 0.1) is 6.26 Å². The van der Waals surface area contributed by atoms with E-state index in [1.807, 2.05) is 51.0 Å². The third-order valence-electron chi connectivity index (χ3n) is 6.06. The van der Waals surface area contributed by atoms with Crippen molar-refractivity contribution < 1.29 is 9.21 Å². The molecule has 2 amide bonds. The van der Waals surface area contributed by atoms with Crippen LogP contribution in [-0.4, -0.2) is 47.5 Å². The van der Waals surface area contributed by atoms with Crippen molar-refractivity contribution >= 4 is 22.7 Å². The summed E-state index contributed by atoms with van der Waals surface area (Å²) in [4.78, 5) is 17.2. The third kappa shape index (κ3) is 5.13. The largest absolute Gasteiger partial charge is 0.464 e. The fourth-order valence-corrected chi connectivity index (χ4v) is 4.55. The van der Waals surface area contributed by atoms with Crippen molar-refractivity contribution in [3.8, 4) is 0 Å². The minimum atomic E-state index is -0.0522. The van der Waals surface area contributed by atoms with Crippen molar-refractivity contribution in [1.29, 1.82) is 0 Å². The number of benzene rings is 1. The summed E-state index contributed by atoms with van der Waals surface area (Å²) < 4.78 is 5.84. The first-order valence-electron chi connectivity index (χ1n) is 11.2. The highest BCUT2D eigenvalue weighted by atomic mass is 16.3. The van der Waals surface area contributed by atoms with Gasteiger partial charge >= 0.3 is 6.03 Å². The Morgan fingerprint density at radius 3 is 2.52 bits per heavy atom. The summed E-state index contributed by atoms with van der Waals surface area (Å²) in [7, 11) is 0. The number of likely N-dealkylation sites (tertiary alicyclic amines) is 1. The third-order valence-corrected chi connectivity index (χ3v) is 6.06. The van der Waals surface area contributed by atoms with Crippen LogP contribution in [0.2, 0.25) is 0 Å². The minimum Gasteiger partial charge on any atom is -0.464 e. The molecule has 160 valence electrons. The number of hydrogen-bond acceptors (Lipinski definition) is 3. The Kier molecular flexibility index (Phi) is 7.23. The molecule has 0 radical (unpaired) electrons. The van der Waals surface area contributed by atoms with Crippen molar-refractivity contribution in [2.24, 2.45) is 0 Å².